The van der Waals surface area contributed by atoms with E-state index in [2.05, 4.69) is 9.97 Å². The summed E-state index contributed by atoms with van der Waals surface area (Å²) in [7, 11) is 0. The number of pyridine rings is 1. The number of nitrogens with zero attached hydrogens (tertiary/aromatic N) is 4. The summed E-state index contributed by atoms with van der Waals surface area (Å²) in [5, 5.41) is 0.829. The third kappa shape index (κ3) is 4.26. The van der Waals surface area contributed by atoms with E-state index in [1.54, 1.807) is 30.6 Å². The van der Waals surface area contributed by atoms with Crippen LogP contribution < -0.4 is 0 Å². The molecule has 1 fully saturated rings. The van der Waals surface area contributed by atoms with Crippen LogP contribution in [0.1, 0.15) is 40.6 Å². The first-order valence-corrected chi connectivity index (χ1v) is 10.3. The summed E-state index contributed by atoms with van der Waals surface area (Å²) in [5.41, 5.74) is 3.55. The van der Waals surface area contributed by atoms with Gasteiger partial charge in [0.05, 0.1) is 15.7 Å². The molecule has 1 amide bonds. The Balaban J connectivity index is 1.63. The predicted octanol–water partition coefficient (Wildman–Crippen LogP) is 5.17. The Morgan fingerprint density at radius 3 is 2.69 bits per heavy atom. The number of likely N-dealkylation sites (tertiary alicyclic amines) is 1. The maximum absolute atomic E-state index is 13.0. The van der Waals surface area contributed by atoms with E-state index in [4.69, 9.17) is 28.2 Å². The maximum atomic E-state index is 13.0. The smallest absolute Gasteiger partial charge is 0.253 e. The van der Waals surface area contributed by atoms with Gasteiger partial charge in [0, 0.05) is 48.7 Å². The van der Waals surface area contributed by atoms with Crippen LogP contribution in [-0.4, -0.2) is 38.8 Å². The fourth-order valence-electron chi connectivity index (χ4n) is 3.75. The van der Waals surface area contributed by atoms with Crippen LogP contribution in [0.25, 0.3) is 11.1 Å². The van der Waals surface area contributed by atoms with E-state index >= 15 is 0 Å². The number of aromatic nitrogens is 3. The van der Waals surface area contributed by atoms with Crippen LogP contribution in [-0.2, 0) is 0 Å². The van der Waals surface area contributed by atoms with Crippen molar-refractivity contribution in [2.24, 2.45) is 0 Å². The molecule has 0 spiro atoms. The number of hydrogen-bond donors (Lipinski definition) is 0. The van der Waals surface area contributed by atoms with Crippen molar-refractivity contribution in [3.8, 4) is 11.1 Å². The van der Waals surface area contributed by atoms with Crippen molar-refractivity contribution in [3.63, 3.8) is 0 Å². The lowest BCUT2D eigenvalue weighted by Gasteiger charge is -2.33. The van der Waals surface area contributed by atoms with Crippen molar-refractivity contribution in [2.75, 3.05) is 13.1 Å². The highest BCUT2D eigenvalue weighted by Gasteiger charge is 2.28. The second-order valence-corrected chi connectivity index (χ2v) is 7.99. The first kappa shape index (κ1) is 19.8. The number of hydrogen-bond acceptors (Lipinski definition) is 4. The summed E-state index contributed by atoms with van der Waals surface area (Å²) in [6.07, 6.45) is 7.28. The van der Waals surface area contributed by atoms with E-state index in [9.17, 15) is 4.79 Å². The zero-order valence-electron chi connectivity index (χ0n) is 16.0. The Hall–Kier alpha value is -2.50. The fraction of sp³-hybridized carbons (Fsp3) is 0.273. The molecule has 3 heterocycles. The van der Waals surface area contributed by atoms with Crippen molar-refractivity contribution in [1.82, 2.24) is 19.9 Å². The standard InChI is InChI=1S/C22H20Cl2N4O/c1-14-26-12-18(15-6-8-25-9-7-15)21(27-14)17-3-2-10-28(13-17)22(29)16-4-5-19(23)20(24)11-16/h4-9,11-12,17H,2-3,10,13H2,1H3. The lowest BCUT2D eigenvalue weighted by molar-refractivity contribution is 0.0706. The molecule has 1 aliphatic heterocycles. The molecule has 1 aromatic carbocycles. The summed E-state index contributed by atoms with van der Waals surface area (Å²) in [5.74, 6) is 0.829. The zero-order valence-corrected chi connectivity index (χ0v) is 17.5. The number of carbonyl (C=O) groups is 1. The van der Waals surface area contributed by atoms with Gasteiger partial charge >= 0.3 is 0 Å². The molecule has 0 aliphatic carbocycles. The Bertz CT molecular complexity index is 1040. The second-order valence-electron chi connectivity index (χ2n) is 7.17. The molecule has 1 unspecified atom stereocenters. The average Bonchev–Trinajstić information content (AvgIpc) is 2.76. The zero-order chi connectivity index (χ0) is 20.4. The van der Waals surface area contributed by atoms with Gasteiger partial charge in [-0.05, 0) is 55.7 Å². The van der Waals surface area contributed by atoms with E-state index in [0.717, 1.165) is 35.5 Å². The third-order valence-electron chi connectivity index (χ3n) is 5.19. The minimum atomic E-state index is -0.0375. The number of benzene rings is 1. The summed E-state index contributed by atoms with van der Waals surface area (Å²) in [6.45, 7) is 3.21. The van der Waals surface area contributed by atoms with Crippen molar-refractivity contribution in [1.29, 1.82) is 0 Å². The molecule has 1 saturated heterocycles. The van der Waals surface area contributed by atoms with Gasteiger partial charge in [-0.1, -0.05) is 23.2 Å². The predicted molar refractivity (Wildman–Crippen MR) is 114 cm³/mol. The fourth-order valence-corrected chi connectivity index (χ4v) is 4.05. The maximum Gasteiger partial charge on any atom is 0.253 e. The van der Waals surface area contributed by atoms with Gasteiger partial charge in [-0.25, -0.2) is 9.97 Å². The third-order valence-corrected chi connectivity index (χ3v) is 5.93. The van der Waals surface area contributed by atoms with Gasteiger partial charge in [-0.3, -0.25) is 9.78 Å². The van der Waals surface area contributed by atoms with Crippen LogP contribution in [0.4, 0.5) is 0 Å². The number of amides is 1. The largest absolute Gasteiger partial charge is 0.338 e. The SMILES string of the molecule is Cc1ncc(-c2ccncc2)c(C2CCCN(C(=O)c3ccc(Cl)c(Cl)c3)C2)n1. The molecule has 1 atom stereocenters. The van der Waals surface area contributed by atoms with Gasteiger partial charge in [0.25, 0.3) is 5.91 Å². The van der Waals surface area contributed by atoms with E-state index in [-0.39, 0.29) is 11.8 Å². The Labute approximate surface area is 179 Å². The van der Waals surface area contributed by atoms with Crippen LogP contribution in [0.2, 0.25) is 10.0 Å². The highest BCUT2D eigenvalue weighted by atomic mass is 35.5. The number of rotatable bonds is 3. The molecule has 7 heteroatoms. The minimum absolute atomic E-state index is 0.0375. The number of piperidine rings is 1. The highest BCUT2D eigenvalue weighted by Crippen LogP contribution is 2.33. The van der Waals surface area contributed by atoms with Gasteiger partial charge in [0.2, 0.25) is 0 Å². The van der Waals surface area contributed by atoms with E-state index in [0.29, 0.717) is 28.7 Å². The van der Waals surface area contributed by atoms with Crippen LogP contribution in [0.5, 0.6) is 0 Å². The topological polar surface area (TPSA) is 59.0 Å². The summed E-state index contributed by atoms with van der Waals surface area (Å²) < 4.78 is 0. The van der Waals surface area contributed by atoms with Gasteiger partial charge in [-0.15, -0.1) is 0 Å². The summed E-state index contributed by atoms with van der Waals surface area (Å²) in [6, 6.07) is 8.93. The van der Waals surface area contributed by atoms with Gasteiger partial charge in [0.15, 0.2) is 0 Å². The van der Waals surface area contributed by atoms with E-state index < -0.39 is 0 Å². The molecule has 148 valence electrons. The number of halogens is 2. The Kier molecular flexibility index (Phi) is 5.79. The second kappa shape index (κ2) is 8.47. The Morgan fingerprint density at radius 1 is 1.14 bits per heavy atom. The van der Waals surface area contributed by atoms with Crippen LogP contribution in [0, 0.1) is 6.92 Å². The lowest BCUT2D eigenvalue weighted by Crippen LogP contribution is -2.39. The molecule has 2 aromatic heterocycles. The van der Waals surface area contributed by atoms with Crippen molar-refractivity contribution >= 4 is 29.1 Å². The monoisotopic (exact) mass is 426 g/mol. The normalized spacial score (nSPS) is 16.7. The Morgan fingerprint density at radius 2 is 1.93 bits per heavy atom. The molecule has 0 N–H and O–H groups in total. The van der Waals surface area contributed by atoms with Crippen LogP contribution in [0.3, 0.4) is 0 Å². The van der Waals surface area contributed by atoms with Crippen molar-refractivity contribution in [2.45, 2.75) is 25.7 Å². The lowest BCUT2D eigenvalue weighted by atomic mass is 9.89. The molecule has 0 bridgehead atoms. The molecular weight excluding hydrogens is 407 g/mol. The molecule has 0 saturated carbocycles. The first-order chi connectivity index (χ1) is 14.0. The van der Waals surface area contributed by atoms with Crippen LogP contribution >= 0.6 is 23.2 Å². The average molecular weight is 427 g/mol. The van der Waals surface area contributed by atoms with E-state index in [1.807, 2.05) is 30.2 Å². The van der Waals surface area contributed by atoms with Gasteiger partial charge in [0.1, 0.15) is 5.82 Å². The van der Waals surface area contributed by atoms with Crippen LogP contribution in [0.15, 0.2) is 48.9 Å². The van der Waals surface area contributed by atoms with Gasteiger partial charge < -0.3 is 4.90 Å². The van der Waals surface area contributed by atoms with E-state index in [1.165, 1.54) is 0 Å². The molecule has 0 radical (unpaired) electrons. The highest BCUT2D eigenvalue weighted by molar-refractivity contribution is 6.42. The molecule has 4 rings (SSSR count). The van der Waals surface area contributed by atoms with Crippen molar-refractivity contribution in [3.05, 3.63) is 76.0 Å². The molecular formula is C22H20Cl2N4O. The summed E-state index contributed by atoms with van der Waals surface area (Å²) in [4.78, 5) is 28.2. The minimum Gasteiger partial charge on any atom is -0.338 e. The number of aryl methyl sites for hydroxylation is 1. The number of carbonyl (C=O) groups excluding carboxylic acids is 1. The molecule has 29 heavy (non-hydrogen) atoms. The van der Waals surface area contributed by atoms with Crippen molar-refractivity contribution < 1.29 is 4.79 Å². The van der Waals surface area contributed by atoms with Gasteiger partial charge in [-0.2, -0.15) is 0 Å². The summed E-state index contributed by atoms with van der Waals surface area (Å²) >= 11 is 12.1. The first-order valence-electron chi connectivity index (χ1n) is 9.51. The molecule has 5 nitrogen and oxygen atoms in total. The molecule has 1 aliphatic rings. The molecule has 3 aromatic rings. The quantitative estimate of drug-likeness (QED) is 0.579.